The minimum absolute atomic E-state index is 0. The van der Waals surface area contributed by atoms with Gasteiger partial charge in [-0.05, 0) is 55.0 Å². The normalized spacial score (nSPS) is 19.5. The van der Waals surface area contributed by atoms with E-state index in [9.17, 15) is 15.3 Å². The lowest BCUT2D eigenvalue weighted by atomic mass is 10.1. The van der Waals surface area contributed by atoms with E-state index in [1.165, 1.54) is 48.5 Å². The van der Waals surface area contributed by atoms with Gasteiger partial charge < -0.3 is 20.6 Å². The number of aliphatic hydroxyl groups is 1. The Bertz CT molecular complexity index is 786. The predicted octanol–water partition coefficient (Wildman–Crippen LogP) is 3.16. The summed E-state index contributed by atoms with van der Waals surface area (Å²) in [5.74, 6) is -0.00103. The van der Waals surface area contributed by atoms with Gasteiger partial charge in [0.05, 0.1) is 6.10 Å². The summed E-state index contributed by atoms with van der Waals surface area (Å²) in [6.07, 6.45) is -4.10. The smallest absolute Gasteiger partial charge is 0.115 e. The third-order valence-electron chi connectivity index (χ3n) is 3.16. The van der Waals surface area contributed by atoms with Crippen LogP contribution >= 0.6 is 12.4 Å². The molecule has 0 radical (unpaired) electrons. The highest BCUT2D eigenvalue weighted by atomic mass is 35.5. The van der Waals surface area contributed by atoms with E-state index in [1.807, 2.05) is 0 Å². The first-order valence-electron chi connectivity index (χ1n) is 9.86. The van der Waals surface area contributed by atoms with Gasteiger partial charge in [-0.3, -0.25) is 0 Å². The number of rotatable bonds is 7. The van der Waals surface area contributed by atoms with E-state index in [1.54, 1.807) is 0 Å². The Morgan fingerprint density at radius 3 is 2.22 bits per heavy atom. The van der Waals surface area contributed by atoms with Gasteiger partial charge in [0.15, 0.2) is 0 Å². The molecule has 23 heavy (non-hydrogen) atoms. The molecule has 4 nitrogen and oxygen atoms in total. The zero-order chi connectivity index (χ0) is 21.2. The van der Waals surface area contributed by atoms with E-state index >= 15 is 0 Å². The summed E-state index contributed by atoms with van der Waals surface area (Å²) in [7, 11) is 0. The van der Waals surface area contributed by atoms with Crippen LogP contribution in [0.25, 0.3) is 0 Å². The van der Waals surface area contributed by atoms with Crippen LogP contribution in [0.1, 0.15) is 38.7 Å². The summed E-state index contributed by atoms with van der Waals surface area (Å²) in [5, 5.41) is 31.3. The Morgan fingerprint density at radius 1 is 1.09 bits per heavy atom. The first-order chi connectivity index (χ1) is 12.9. The van der Waals surface area contributed by atoms with E-state index in [0.717, 1.165) is 0 Å². The number of hydrogen-bond acceptors (Lipinski definition) is 4. The maximum atomic E-state index is 10.3. The Balaban J connectivity index is 0.00000420. The zero-order valence-corrected chi connectivity index (χ0v) is 13.2. The average molecular weight is 344 g/mol. The Morgan fingerprint density at radius 2 is 1.65 bits per heavy atom. The van der Waals surface area contributed by atoms with Crippen molar-refractivity contribution in [2.45, 2.75) is 31.8 Å². The van der Waals surface area contributed by atoms with Crippen molar-refractivity contribution < 1.29 is 23.5 Å². The summed E-state index contributed by atoms with van der Waals surface area (Å²) >= 11 is 0. The van der Waals surface area contributed by atoms with Crippen LogP contribution in [0, 0.1) is 0 Å². The molecule has 126 valence electrons. The SMILES string of the molecule is Cl.[2H]C([2H])([2H])C([2H])(NCC(O)c1ccc(O)cc1)C([2H])([2H])Cc1ccc(O)cc1. The quantitative estimate of drug-likeness (QED) is 0.623. The molecule has 0 spiro atoms. The standard InChI is InChI=1S/C18H23NO3.ClH/c1-13(2-3-14-4-8-16(20)9-5-14)19-12-18(22)15-6-10-17(21)11-7-15;/h4-11,13,18-22H,2-3,12H2,1H3;1H/i1D3,2D2,13D;. The van der Waals surface area contributed by atoms with Crippen molar-refractivity contribution >= 4 is 12.4 Å². The summed E-state index contributed by atoms with van der Waals surface area (Å²) in [6, 6.07) is 8.55. The molecule has 2 unspecified atom stereocenters. The maximum absolute atomic E-state index is 10.3. The number of aliphatic hydroxyl groups excluding tert-OH is 1. The van der Waals surface area contributed by atoms with Gasteiger partial charge >= 0.3 is 0 Å². The van der Waals surface area contributed by atoms with Gasteiger partial charge in [-0.2, -0.15) is 0 Å². The summed E-state index contributed by atoms with van der Waals surface area (Å²) in [5.41, 5.74) is 0.807. The lowest BCUT2D eigenvalue weighted by Gasteiger charge is -2.17. The molecule has 0 saturated heterocycles. The second-order valence-corrected chi connectivity index (χ2v) is 4.88. The molecule has 4 N–H and O–H groups in total. The molecule has 0 fully saturated rings. The second-order valence-electron chi connectivity index (χ2n) is 4.88. The van der Waals surface area contributed by atoms with Gasteiger partial charge in [0.25, 0.3) is 0 Å². The lowest BCUT2D eigenvalue weighted by Crippen LogP contribution is -2.30. The van der Waals surface area contributed by atoms with Crippen LogP contribution < -0.4 is 5.32 Å². The molecule has 0 aromatic heterocycles. The minimum Gasteiger partial charge on any atom is -0.508 e. The lowest BCUT2D eigenvalue weighted by molar-refractivity contribution is 0.170. The molecule has 2 rings (SSSR count). The molecule has 0 amide bonds. The third-order valence-corrected chi connectivity index (χ3v) is 3.16. The summed E-state index contributed by atoms with van der Waals surface area (Å²) in [6.45, 7) is -3.40. The second kappa shape index (κ2) is 9.40. The van der Waals surface area contributed by atoms with Gasteiger partial charge in [-0.25, -0.2) is 0 Å². The fourth-order valence-corrected chi connectivity index (χ4v) is 1.88. The fourth-order valence-electron chi connectivity index (χ4n) is 1.88. The summed E-state index contributed by atoms with van der Waals surface area (Å²) in [4.78, 5) is 0. The average Bonchev–Trinajstić information content (AvgIpc) is 2.60. The Hall–Kier alpha value is -1.75. The van der Waals surface area contributed by atoms with Crippen molar-refractivity contribution in [2.75, 3.05) is 6.54 Å². The van der Waals surface area contributed by atoms with Gasteiger partial charge in [-0.15, -0.1) is 12.4 Å². The Kier molecular flexibility index (Phi) is 4.80. The molecule has 0 aliphatic carbocycles. The zero-order valence-electron chi connectivity index (χ0n) is 18.4. The highest BCUT2D eigenvalue weighted by Crippen LogP contribution is 2.16. The molecule has 2 atom stereocenters. The van der Waals surface area contributed by atoms with Crippen LogP contribution in [-0.4, -0.2) is 27.9 Å². The van der Waals surface area contributed by atoms with Crippen molar-refractivity contribution in [3.63, 3.8) is 0 Å². The Labute approximate surface area is 151 Å². The van der Waals surface area contributed by atoms with E-state index in [0.29, 0.717) is 11.1 Å². The molecule has 0 bridgehead atoms. The molecule has 5 heteroatoms. The highest BCUT2D eigenvalue weighted by molar-refractivity contribution is 5.85. The number of halogens is 1. The third kappa shape index (κ3) is 6.48. The number of nitrogens with one attached hydrogen (secondary N) is 1. The first-order valence-corrected chi connectivity index (χ1v) is 6.86. The summed E-state index contributed by atoms with van der Waals surface area (Å²) < 4.78 is 48.1. The molecular weight excluding hydrogens is 314 g/mol. The topological polar surface area (TPSA) is 72.7 Å². The van der Waals surface area contributed by atoms with Gasteiger partial charge in [0, 0.05) is 20.8 Å². The van der Waals surface area contributed by atoms with Crippen LogP contribution in [0.3, 0.4) is 0 Å². The van der Waals surface area contributed by atoms with Gasteiger partial charge in [0.1, 0.15) is 11.5 Å². The number of aryl methyl sites for hydroxylation is 1. The number of phenols is 2. The minimum atomic E-state index is -3.03. The van der Waals surface area contributed by atoms with Gasteiger partial charge in [0.2, 0.25) is 0 Å². The largest absolute Gasteiger partial charge is 0.508 e. The van der Waals surface area contributed by atoms with Crippen molar-refractivity contribution in [3.05, 3.63) is 59.7 Å². The molecule has 0 saturated carbocycles. The molecular formula is C18H24ClNO3. The number of phenolic OH excluding ortho intramolecular Hbond substituents is 2. The number of benzene rings is 2. The van der Waals surface area contributed by atoms with Crippen LogP contribution in [0.15, 0.2) is 48.5 Å². The van der Waals surface area contributed by atoms with Crippen LogP contribution in [0.5, 0.6) is 11.5 Å². The molecule has 0 heterocycles. The van der Waals surface area contributed by atoms with Crippen LogP contribution in [-0.2, 0) is 6.42 Å². The monoisotopic (exact) mass is 343 g/mol. The van der Waals surface area contributed by atoms with Crippen LogP contribution in [0.4, 0.5) is 0 Å². The van der Waals surface area contributed by atoms with Crippen molar-refractivity contribution in [3.8, 4) is 11.5 Å². The van der Waals surface area contributed by atoms with Crippen molar-refractivity contribution in [1.29, 1.82) is 0 Å². The van der Waals surface area contributed by atoms with Crippen LogP contribution in [0.2, 0.25) is 0 Å². The van der Waals surface area contributed by atoms with E-state index < -0.39 is 25.3 Å². The first kappa shape index (κ1) is 11.7. The van der Waals surface area contributed by atoms with Crippen molar-refractivity contribution in [1.82, 2.24) is 5.32 Å². The van der Waals surface area contributed by atoms with Crippen molar-refractivity contribution in [2.24, 2.45) is 0 Å². The van der Waals surface area contributed by atoms with Gasteiger partial charge in [-0.1, -0.05) is 24.3 Å². The van der Waals surface area contributed by atoms with E-state index in [2.05, 4.69) is 5.32 Å². The number of aromatic hydroxyl groups is 2. The maximum Gasteiger partial charge on any atom is 0.115 e. The number of hydrogen-bond donors (Lipinski definition) is 4. The highest BCUT2D eigenvalue weighted by Gasteiger charge is 2.09. The predicted molar refractivity (Wildman–Crippen MR) is 94.2 cm³/mol. The van der Waals surface area contributed by atoms with E-state index in [4.69, 9.17) is 8.22 Å². The van der Waals surface area contributed by atoms with E-state index in [-0.39, 0.29) is 36.9 Å². The molecule has 2 aromatic rings. The molecule has 0 aliphatic heterocycles. The fraction of sp³-hybridized carbons (Fsp3) is 0.333. The molecule has 2 aromatic carbocycles. The molecule has 0 aliphatic rings.